The average molecular weight is 442 g/mol. The highest BCUT2D eigenvalue weighted by molar-refractivity contribution is 7.10. The van der Waals surface area contributed by atoms with E-state index >= 15 is 0 Å². The summed E-state index contributed by atoms with van der Waals surface area (Å²) < 4.78 is 3.91. The molecular weight excluding hydrogens is 422 g/mol. The van der Waals surface area contributed by atoms with Crippen LogP contribution in [0.3, 0.4) is 0 Å². The molecule has 5 rings (SSSR count). The summed E-state index contributed by atoms with van der Waals surface area (Å²) in [6.45, 7) is 0.614. The van der Waals surface area contributed by atoms with Crippen molar-refractivity contribution in [2.45, 2.75) is 19.0 Å². The van der Waals surface area contributed by atoms with E-state index < -0.39 is 11.2 Å². The van der Waals surface area contributed by atoms with E-state index in [1.807, 2.05) is 16.3 Å². The summed E-state index contributed by atoms with van der Waals surface area (Å²) in [5.74, 6) is -0.0829. The number of rotatable bonds is 3. The van der Waals surface area contributed by atoms with Crippen molar-refractivity contribution in [3.63, 3.8) is 0 Å². The quantitative estimate of drug-likeness (QED) is 0.485. The molecule has 5 heterocycles. The minimum atomic E-state index is -0.452. The number of hydrogen-bond donors (Lipinski definition) is 0. The molecule has 0 bridgehead atoms. The van der Waals surface area contributed by atoms with E-state index in [0.29, 0.717) is 6.54 Å². The normalized spacial score (nSPS) is 16.2. The third kappa shape index (κ3) is 2.78. The molecule has 0 fully saturated rings. The SMILES string of the molecule is Cn1c(=O)c2c(ncn2CC(=O)N2CCc3sccc3[C@H]2c2cccs2)n(C)c1=O. The summed E-state index contributed by atoms with van der Waals surface area (Å²) in [4.78, 5) is 46.8. The Morgan fingerprint density at radius 1 is 1.17 bits per heavy atom. The number of aryl methyl sites for hydroxylation is 1. The molecule has 4 aromatic rings. The summed E-state index contributed by atoms with van der Waals surface area (Å²) in [6, 6.07) is 6.04. The van der Waals surface area contributed by atoms with E-state index in [1.54, 1.807) is 34.3 Å². The van der Waals surface area contributed by atoms with Gasteiger partial charge in [-0.25, -0.2) is 9.78 Å². The van der Waals surface area contributed by atoms with Crippen LogP contribution in [0.2, 0.25) is 0 Å². The maximum absolute atomic E-state index is 13.4. The number of carbonyl (C=O) groups is 1. The second kappa shape index (κ2) is 7.06. The Balaban J connectivity index is 1.54. The van der Waals surface area contributed by atoms with Crippen molar-refractivity contribution in [2.75, 3.05) is 6.54 Å². The van der Waals surface area contributed by atoms with Gasteiger partial charge in [0, 0.05) is 30.4 Å². The van der Waals surface area contributed by atoms with Gasteiger partial charge in [-0.3, -0.25) is 18.7 Å². The smallest absolute Gasteiger partial charge is 0.329 e. The molecule has 1 aliphatic rings. The Hall–Kier alpha value is -2.98. The highest BCUT2D eigenvalue weighted by atomic mass is 32.1. The molecule has 0 spiro atoms. The molecule has 0 saturated carbocycles. The van der Waals surface area contributed by atoms with Gasteiger partial charge in [-0.2, -0.15) is 0 Å². The summed E-state index contributed by atoms with van der Waals surface area (Å²) in [5.41, 5.74) is 0.823. The molecule has 1 atom stereocenters. The predicted octanol–water partition coefficient (Wildman–Crippen LogP) is 1.73. The summed E-state index contributed by atoms with van der Waals surface area (Å²) in [7, 11) is 3.00. The first kappa shape index (κ1) is 19.0. The largest absolute Gasteiger partial charge is 0.332 e. The van der Waals surface area contributed by atoms with Crippen molar-refractivity contribution in [3.05, 3.63) is 71.4 Å². The number of hydrogen-bond acceptors (Lipinski definition) is 6. The lowest BCUT2D eigenvalue weighted by Crippen LogP contribution is -2.42. The zero-order valence-electron chi connectivity index (χ0n) is 16.4. The van der Waals surface area contributed by atoms with Crippen molar-refractivity contribution >= 4 is 39.7 Å². The topological polar surface area (TPSA) is 82.1 Å². The maximum Gasteiger partial charge on any atom is 0.332 e. The third-order valence-electron chi connectivity index (χ3n) is 5.62. The van der Waals surface area contributed by atoms with Crippen LogP contribution >= 0.6 is 22.7 Å². The zero-order chi connectivity index (χ0) is 21.0. The summed E-state index contributed by atoms with van der Waals surface area (Å²) >= 11 is 3.37. The second-order valence-corrected chi connectivity index (χ2v) is 9.28. The number of nitrogens with zero attached hydrogens (tertiary/aromatic N) is 5. The molecule has 0 radical (unpaired) electrons. The average Bonchev–Trinajstić information content (AvgIpc) is 3.50. The lowest BCUT2D eigenvalue weighted by molar-refractivity contribution is -0.133. The van der Waals surface area contributed by atoms with Gasteiger partial charge >= 0.3 is 5.69 Å². The lowest BCUT2D eigenvalue weighted by Gasteiger charge is -2.35. The van der Waals surface area contributed by atoms with Crippen LogP contribution in [0, 0.1) is 0 Å². The molecular formula is C20H19N5O3S2. The van der Waals surface area contributed by atoms with Crippen molar-refractivity contribution in [1.29, 1.82) is 0 Å². The predicted molar refractivity (Wildman–Crippen MR) is 116 cm³/mol. The van der Waals surface area contributed by atoms with Gasteiger partial charge < -0.3 is 9.47 Å². The molecule has 4 aromatic heterocycles. The van der Waals surface area contributed by atoms with Crippen LogP contribution in [0.5, 0.6) is 0 Å². The van der Waals surface area contributed by atoms with E-state index in [-0.39, 0.29) is 29.7 Å². The number of carbonyl (C=O) groups excluding carboxylic acids is 1. The highest BCUT2D eigenvalue weighted by Crippen LogP contribution is 2.39. The fraction of sp³-hybridized carbons (Fsp3) is 0.300. The molecule has 0 saturated heterocycles. The van der Waals surface area contributed by atoms with Gasteiger partial charge in [0.15, 0.2) is 11.2 Å². The number of fused-ring (bicyclic) bond motifs is 2. The lowest BCUT2D eigenvalue weighted by atomic mass is 9.98. The molecule has 154 valence electrons. The molecule has 10 heteroatoms. The van der Waals surface area contributed by atoms with Gasteiger partial charge in [-0.15, -0.1) is 22.7 Å². The zero-order valence-corrected chi connectivity index (χ0v) is 18.1. The summed E-state index contributed by atoms with van der Waals surface area (Å²) in [6.07, 6.45) is 2.28. The molecule has 1 amide bonds. The fourth-order valence-electron chi connectivity index (χ4n) is 4.09. The van der Waals surface area contributed by atoms with Crippen molar-refractivity contribution in [3.8, 4) is 0 Å². The number of imidazole rings is 1. The summed E-state index contributed by atoms with van der Waals surface area (Å²) in [5, 5.41) is 4.10. The van der Waals surface area contributed by atoms with Gasteiger partial charge in [0.05, 0.1) is 12.4 Å². The molecule has 0 aliphatic carbocycles. The Bertz CT molecular complexity index is 1380. The van der Waals surface area contributed by atoms with E-state index in [9.17, 15) is 14.4 Å². The standard InChI is InChI=1S/C20H19N5O3S2/c1-22-18-17(19(27)23(2)20(22)28)24(11-21-18)10-15(26)25-7-5-13-12(6-9-30-13)16(25)14-4-3-8-29-14/h3-4,6,8-9,11,16H,5,7,10H2,1-2H3/t16-/m0/s1. The molecule has 0 N–H and O–H groups in total. The van der Waals surface area contributed by atoms with Crippen LogP contribution in [0.25, 0.3) is 11.2 Å². The van der Waals surface area contributed by atoms with Crippen LogP contribution in [-0.2, 0) is 31.9 Å². The van der Waals surface area contributed by atoms with Crippen LogP contribution in [-0.4, -0.2) is 36.0 Å². The van der Waals surface area contributed by atoms with E-state index in [1.165, 1.54) is 28.4 Å². The number of aromatic nitrogens is 4. The van der Waals surface area contributed by atoms with E-state index in [0.717, 1.165) is 15.9 Å². The maximum atomic E-state index is 13.4. The van der Waals surface area contributed by atoms with Crippen molar-refractivity contribution in [2.24, 2.45) is 14.1 Å². The first-order valence-corrected chi connectivity index (χ1v) is 11.2. The Morgan fingerprint density at radius 3 is 2.77 bits per heavy atom. The third-order valence-corrected chi connectivity index (χ3v) is 7.54. The molecule has 1 aliphatic heterocycles. The Morgan fingerprint density at radius 2 is 2.00 bits per heavy atom. The number of amides is 1. The van der Waals surface area contributed by atoms with Gasteiger partial charge in [-0.1, -0.05) is 6.07 Å². The van der Waals surface area contributed by atoms with Gasteiger partial charge in [0.25, 0.3) is 5.56 Å². The first-order chi connectivity index (χ1) is 14.5. The Kier molecular flexibility index (Phi) is 4.48. The molecule has 30 heavy (non-hydrogen) atoms. The van der Waals surface area contributed by atoms with Gasteiger partial charge in [0.2, 0.25) is 5.91 Å². The van der Waals surface area contributed by atoms with Gasteiger partial charge in [0.1, 0.15) is 6.54 Å². The van der Waals surface area contributed by atoms with Gasteiger partial charge in [-0.05, 0) is 34.9 Å². The molecule has 8 nitrogen and oxygen atoms in total. The monoisotopic (exact) mass is 441 g/mol. The second-order valence-electron chi connectivity index (χ2n) is 7.30. The number of thiophene rings is 2. The van der Waals surface area contributed by atoms with Crippen LogP contribution < -0.4 is 11.2 Å². The minimum absolute atomic E-state index is 0.00864. The van der Waals surface area contributed by atoms with Crippen molar-refractivity contribution in [1.82, 2.24) is 23.6 Å². The molecule has 0 unspecified atom stereocenters. The Labute approximate surface area is 179 Å². The first-order valence-electron chi connectivity index (χ1n) is 9.47. The van der Waals surface area contributed by atoms with Crippen LogP contribution in [0.15, 0.2) is 44.9 Å². The van der Waals surface area contributed by atoms with Crippen LogP contribution in [0.4, 0.5) is 0 Å². The van der Waals surface area contributed by atoms with Crippen molar-refractivity contribution < 1.29 is 4.79 Å². The van der Waals surface area contributed by atoms with Crippen LogP contribution in [0.1, 0.15) is 21.4 Å². The minimum Gasteiger partial charge on any atom is -0.329 e. The molecule has 0 aromatic carbocycles. The highest BCUT2D eigenvalue weighted by Gasteiger charge is 2.33. The van der Waals surface area contributed by atoms with E-state index in [2.05, 4.69) is 22.5 Å². The van der Waals surface area contributed by atoms with E-state index in [4.69, 9.17) is 0 Å². The fourth-order valence-corrected chi connectivity index (χ4v) is 5.85.